The van der Waals surface area contributed by atoms with Gasteiger partial charge in [0.15, 0.2) is 6.61 Å². The van der Waals surface area contributed by atoms with Crippen molar-refractivity contribution < 1.29 is 14.6 Å². The number of nitrogens with one attached hydrogen (secondary N) is 1. The van der Waals surface area contributed by atoms with E-state index in [9.17, 15) is 9.90 Å². The second kappa shape index (κ2) is 7.20. The molecule has 118 valence electrons. The van der Waals surface area contributed by atoms with Crippen LogP contribution in [-0.2, 0) is 4.79 Å². The van der Waals surface area contributed by atoms with Crippen molar-refractivity contribution in [2.45, 2.75) is 13.8 Å². The molecule has 1 amide bonds. The molecule has 0 spiro atoms. The number of rotatable bonds is 5. The first kappa shape index (κ1) is 16.2. The van der Waals surface area contributed by atoms with Crippen molar-refractivity contribution in [2.24, 2.45) is 5.11 Å². The van der Waals surface area contributed by atoms with E-state index in [1.165, 1.54) is 0 Å². The molecule has 0 unspecified atom stereocenters. The number of aryl methyl sites for hydroxylation is 1. The predicted molar refractivity (Wildman–Crippen MR) is 87.0 cm³/mol. The van der Waals surface area contributed by atoms with E-state index in [0.29, 0.717) is 22.6 Å². The molecule has 0 aliphatic heterocycles. The molecule has 0 fully saturated rings. The lowest BCUT2D eigenvalue weighted by Crippen LogP contribution is -2.20. The Morgan fingerprint density at radius 2 is 2.04 bits per heavy atom. The highest BCUT2D eigenvalue weighted by Gasteiger charge is 2.13. The van der Waals surface area contributed by atoms with Crippen molar-refractivity contribution in [3.63, 3.8) is 0 Å². The number of azide groups is 1. The van der Waals surface area contributed by atoms with E-state index >= 15 is 0 Å². The maximum absolute atomic E-state index is 12.0. The highest BCUT2D eigenvalue weighted by Crippen LogP contribution is 2.38. The van der Waals surface area contributed by atoms with Crippen LogP contribution in [0.1, 0.15) is 11.1 Å². The normalized spacial score (nSPS) is 9.83. The van der Waals surface area contributed by atoms with Crippen LogP contribution < -0.4 is 10.1 Å². The zero-order valence-corrected chi connectivity index (χ0v) is 12.8. The summed E-state index contributed by atoms with van der Waals surface area (Å²) >= 11 is 0. The third kappa shape index (κ3) is 3.93. The molecule has 0 aliphatic rings. The molecule has 7 nitrogen and oxygen atoms in total. The Morgan fingerprint density at radius 1 is 1.35 bits per heavy atom. The van der Waals surface area contributed by atoms with Gasteiger partial charge in [0.05, 0.1) is 5.69 Å². The van der Waals surface area contributed by atoms with Crippen LogP contribution in [0.3, 0.4) is 0 Å². The molecule has 0 heterocycles. The van der Waals surface area contributed by atoms with E-state index < -0.39 is 0 Å². The fourth-order valence-electron chi connectivity index (χ4n) is 2.03. The van der Waals surface area contributed by atoms with Gasteiger partial charge in [-0.2, -0.15) is 0 Å². The first-order valence-corrected chi connectivity index (χ1v) is 6.89. The van der Waals surface area contributed by atoms with Crippen molar-refractivity contribution in [3.8, 4) is 11.5 Å². The SMILES string of the molecule is Cc1cc(NC(=O)COc2ccccc2)c(C)c(N=[N+]=[N-])c1O. The molecular formula is C16H16N4O3. The minimum Gasteiger partial charge on any atom is -0.507 e. The number of aromatic hydroxyl groups is 1. The predicted octanol–water partition coefficient (Wildman–Crippen LogP) is 3.97. The summed E-state index contributed by atoms with van der Waals surface area (Å²) in [6.45, 7) is 3.15. The van der Waals surface area contributed by atoms with Gasteiger partial charge in [0.2, 0.25) is 0 Å². The topological polar surface area (TPSA) is 107 Å². The van der Waals surface area contributed by atoms with Gasteiger partial charge in [0.25, 0.3) is 5.91 Å². The second-order valence-corrected chi connectivity index (χ2v) is 4.90. The number of hydrogen-bond donors (Lipinski definition) is 2. The number of ether oxygens (including phenoxy) is 1. The molecule has 0 aromatic heterocycles. The third-order valence-electron chi connectivity index (χ3n) is 3.25. The number of nitrogens with zero attached hydrogens (tertiary/aromatic N) is 3. The summed E-state index contributed by atoms with van der Waals surface area (Å²) in [5.41, 5.74) is 10.1. The molecule has 23 heavy (non-hydrogen) atoms. The maximum Gasteiger partial charge on any atom is 0.262 e. The van der Waals surface area contributed by atoms with Gasteiger partial charge in [-0.15, -0.1) is 0 Å². The molecule has 0 atom stereocenters. The van der Waals surface area contributed by atoms with Crippen molar-refractivity contribution in [2.75, 3.05) is 11.9 Å². The van der Waals surface area contributed by atoms with Gasteiger partial charge in [-0.3, -0.25) is 4.79 Å². The summed E-state index contributed by atoms with van der Waals surface area (Å²) in [6.07, 6.45) is 0. The average Bonchev–Trinajstić information content (AvgIpc) is 2.55. The zero-order valence-electron chi connectivity index (χ0n) is 12.8. The van der Waals surface area contributed by atoms with Crippen molar-refractivity contribution in [1.82, 2.24) is 0 Å². The van der Waals surface area contributed by atoms with Crippen LogP contribution in [-0.4, -0.2) is 17.6 Å². The number of hydrogen-bond acceptors (Lipinski definition) is 4. The molecule has 0 bridgehead atoms. The number of amides is 1. The Morgan fingerprint density at radius 3 is 2.70 bits per heavy atom. The minimum atomic E-state index is -0.353. The van der Waals surface area contributed by atoms with Gasteiger partial charge in [-0.1, -0.05) is 23.3 Å². The largest absolute Gasteiger partial charge is 0.507 e. The number of carbonyl (C=O) groups is 1. The molecule has 2 aromatic rings. The molecule has 7 heteroatoms. The lowest BCUT2D eigenvalue weighted by molar-refractivity contribution is -0.118. The van der Waals surface area contributed by atoms with Crippen LogP contribution in [0.25, 0.3) is 10.4 Å². The van der Waals surface area contributed by atoms with Crippen LogP contribution >= 0.6 is 0 Å². The molecule has 2 rings (SSSR count). The number of anilines is 1. The van der Waals surface area contributed by atoms with Gasteiger partial charge in [0.1, 0.15) is 11.5 Å². The summed E-state index contributed by atoms with van der Waals surface area (Å²) in [7, 11) is 0. The van der Waals surface area contributed by atoms with Crippen molar-refractivity contribution in [1.29, 1.82) is 0 Å². The van der Waals surface area contributed by atoms with E-state index in [4.69, 9.17) is 10.3 Å². The monoisotopic (exact) mass is 312 g/mol. The smallest absolute Gasteiger partial charge is 0.262 e. The van der Waals surface area contributed by atoms with Crippen molar-refractivity contribution >= 4 is 17.3 Å². The molecular weight excluding hydrogens is 296 g/mol. The number of benzene rings is 2. The van der Waals surface area contributed by atoms with Crippen LogP contribution in [0.2, 0.25) is 0 Å². The first-order chi connectivity index (χ1) is 11.0. The first-order valence-electron chi connectivity index (χ1n) is 6.89. The lowest BCUT2D eigenvalue weighted by Gasteiger charge is -2.14. The van der Waals surface area contributed by atoms with Gasteiger partial charge in [-0.05, 0) is 48.7 Å². The van der Waals surface area contributed by atoms with Crippen LogP contribution in [0.15, 0.2) is 41.5 Å². The fourth-order valence-corrected chi connectivity index (χ4v) is 2.03. The van der Waals surface area contributed by atoms with Crippen LogP contribution in [0.4, 0.5) is 11.4 Å². The summed E-state index contributed by atoms with van der Waals surface area (Å²) in [5.74, 6) is 0.142. The molecule has 0 saturated heterocycles. The van der Waals surface area contributed by atoms with E-state index in [1.807, 2.05) is 18.2 Å². The van der Waals surface area contributed by atoms with E-state index in [2.05, 4.69) is 15.3 Å². The Labute approximate surface area is 133 Å². The second-order valence-electron chi connectivity index (χ2n) is 4.90. The number of phenolic OH excluding ortho intramolecular Hbond substituents is 1. The Bertz CT molecular complexity index is 769. The fraction of sp³-hybridized carbons (Fsp3) is 0.188. The Kier molecular flexibility index (Phi) is 5.07. The summed E-state index contributed by atoms with van der Waals surface area (Å²) in [4.78, 5) is 14.7. The van der Waals surface area contributed by atoms with Gasteiger partial charge < -0.3 is 15.2 Å². The minimum absolute atomic E-state index is 0.0983. The number of carbonyl (C=O) groups excluding carboxylic acids is 1. The highest BCUT2D eigenvalue weighted by molar-refractivity contribution is 5.94. The van der Waals surface area contributed by atoms with Crippen LogP contribution in [0.5, 0.6) is 11.5 Å². The maximum atomic E-state index is 12.0. The van der Waals surface area contributed by atoms with E-state index in [0.717, 1.165) is 0 Å². The Balaban J connectivity index is 2.13. The van der Waals surface area contributed by atoms with Gasteiger partial charge in [0, 0.05) is 10.6 Å². The standard InChI is InChI=1S/C16H16N4O3/c1-10-8-13(11(2)15(16(10)22)19-20-17)18-14(21)9-23-12-6-4-3-5-7-12/h3-8,22H,9H2,1-2H3,(H,18,21). The number of para-hydroxylation sites is 1. The van der Waals surface area contributed by atoms with E-state index in [-0.39, 0.29) is 24.0 Å². The highest BCUT2D eigenvalue weighted by atomic mass is 16.5. The molecule has 2 aromatic carbocycles. The van der Waals surface area contributed by atoms with Gasteiger partial charge in [-0.25, -0.2) is 0 Å². The zero-order chi connectivity index (χ0) is 16.8. The lowest BCUT2D eigenvalue weighted by atomic mass is 10.1. The summed E-state index contributed by atoms with van der Waals surface area (Å²) in [5, 5.41) is 16.1. The molecule has 0 aliphatic carbocycles. The Hall–Kier alpha value is -3.18. The summed E-state index contributed by atoms with van der Waals surface area (Å²) in [6, 6.07) is 10.6. The van der Waals surface area contributed by atoms with E-state index in [1.54, 1.807) is 32.0 Å². The van der Waals surface area contributed by atoms with Gasteiger partial charge >= 0.3 is 0 Å². The average molecular weight is 312 g/mol. The molecule has 2 N–H and O–H groups in total. The quantitative estimate of drug-likeness (QED) is 0.377. The summed E-state index contributed by atoms with van der Waals surface area (Å²) < 4.78 is 5.37. The van der Waals surface area contributed by atoms with Crippen LogP contribution in [0, 0.1) is 13.8 Å². The van der Waals surface area contributed by atoms with Crippen molar-refractivity contribution in [3.05, 3.63) is 58.0 Å². The molecule has 0 saturated carbocycles. The third-order valence-corrected chi connectivity index (χ3v) is 3.25. The molecule has 0 radical (unpaired) electrons. The number of phenols is 1.